The molecule has 1 saturated carbocycles. The van der Waals surface area contributed by atoms with E-state index in [9.17, 15) is 9.59 Å². The number of rotatable bonds is 3. The lowest BCUT2D eigenvalue weighted by molar-refractivity contribution is -0.135. The van der Waals surface area contributed by atoms with Crippen molar-refractivity contribution in [2.45, 2.75) is 44.7 Å². The van der Waals surface area contributed by atoms with Gasteiger partial charge in [0.25, 0.3) is 5.56 Å². The molecule has 2 aromatic rings. The van der Waals surface area contributed by atoms with Crippen molar-refractivity contribution in [1.82, 2.24) is 14.7 Å². The highest BCUT2D eigenvalue weighted by molar-refractivity contribution is 5.80. The third-order valence-corrected chi connectivity index (χ3v) is 5.01. The monoisotopic (exact) mass is 323 g/mol. The van der Waals surface area contributed by atoms with Gasteiger partial charge in [0.1, 0.15) is 6.04 Å². The van der Waals surface area contributed by atoms with Crippen molar-refractivity contribution in [1.29, 1.82) is 0 Å². The zero-order valence-electron chi connectivity index (χ0n) is 13.8. The Kier molecular flexibility index (Phi) is 3.71. The maximum Gasteiger partial charge on any atom is 0.267 e. The molecule has 0 radical (unpaired) electrons. The Balaban J connectivity index is 1.56. The molecule has 1 aromatic carbocycles. The predicted molar refractivity (Wildman–Crippen MR) is 90.7 cm³/mol. The molecular formula is C19H21N3O2. The molecule has 1 unspecified atom stereocenters. The fourth-order valence-electron chi connectivity index (χ4n) is 3.37. The summed E-state index contributed by atoms with van der Waals surface area (Å²) in [5.74, 6) is 0.424. The van der Waals surface area contributed by atoms with Crippen LogP contribution in [0.15, 0.2) is 41.2 Å². The highest BCUT2D eigenvalue weighted by atomic mass is 16.2. The van der Waals surface area contributed by atoms with Gasteiger partial charge in [0, 0.05) is 25.1 Å². The van der Waals surface area contributed by atoms with Gasteiger partial charge in [-0.15, -0.1) is 0 Å². The lowest BCUT2D eigenvalue weighted by atomic mass is 9.99. The molecular weight excluding hydrogens is 302 g/mol. The first-order valence-corrected chi connectivity index (χ1v) is 8.59. The Morgan fingerprint density at radius 1 is 1.17 bits per heavy atom. The smallest absolute Gasteiger partial charge is 0.267 e. The van der Waals surface area contributed by atoms with E-state index in [0.717, 1.165) is 25.0 Å². The summed E-state index contributed by atoms with van der Waals surface area (Å²) in [7, 11) is 0. The Labute approximate surface area is 140 Å². The van der Waals surface area contributed by atoms with E-state index in [2.05, 4.69) is 17.2 Å². The maximum atomic E-state index is 12.9. The summed E-state index contributed by atoms with van der Waals surface area (Å²) >= 11 is 0. The summed E-state index contributed by atoms with van der Waals surface area (Å²) in [6.45, 7) is 3.07. The van der Waals surface area contributed by atoms with Crippen LogP contribution in [0.5, 0.6) is 0 Å². The SMILES string of the molecule is CC(C(=O)N1CCc2ccccc2C1)n1nc(C2CC2)ccc1=O. The summed E-state index contributed by atoms with van der Waals surface area (Å²) in [6, 6.07) is 11.0. The topological polar surface area (TPSA) is 55.2 Å². The van der Waals surface area contributed by atoms with Gasteiger partial charge in [0.05, 0.1) is 5.69 Å². The molecule has 0 spiro atoms. The Hall–Kier alpha value is -2.43. The highest BCUT2D eigenvalue weighted by Gasteiger charge is 2.29. The van der Waals surface area contributed by atoms with Crippen molar-refractivity contribution in [2.75, 3.05) is 6.54 Å². The molecule has 0 saturated heterocycles. The fraction of sp³-hybridized carbons (Fsp3) is 0.421. The molecule has 2 heterocycles. The minimum absolute atomic E-state index is 0.0351. The van der Waals surface area contributed by atoms with Crippen molar-refractivity contribution in [2.24, 2.45) is 0 Å². The Bertz CT molecular complexity index is 839. The number of amides is 1. The van der Waals surface area contributed by atoms with Crippen LogP contribution >= 0.6 is 0 Å². The number of carbonyl (C=O) groups excluding carboxylic acids is 1. The Morgan fingerprint density at radius 2 is 1.92 bits per heavy atom. The minimum atomic E-state index is -0.568. The average Bonchev–Trinajstić information content (AvgIpc) is 3.45. The summed E-state index contributed by atoms with van der Waals surface area (Å²) < 4.78 is 1.36. The van der Waals surface area contributed by atoms with Gasteiger partial charge in [-0.25, -0.2) is 4.68 Å². The van der Waals surface area contributed by atoms with Gasteiger partial charge < -0.3 is 4.90 Å². The highest BCUT2D eigenvalue weighted by Crippen LogP contribution is 2.38. The maximum absolute atomic E-state index is 12.9. The quantitative estimate of drug-likeness (QED) is 0.871. The van der Waals surface area contributed by atoms with Gasteiger partial charge in [-0.05, 0) is 43.4 Å². The fourth-order valence-corrected chi connectivity index (χ4v) is 3.37. The number of hydrogen-bond donors (Lipinski definition) is 0. The molecule has 2 aliphatic rings. The van der Waals surface area contributed by atoms with E-state index >= 15 is 0 Å². The van der Waals surface area contributed by atoms with E-state index in [4.69, 9.17) is 0 Å². The lowest BCUT2D eigenvalue weighted by Gasteiger charge is -2.31. The average molecular weight is 323 g/mol. The molecule has 124 valence electrons. The van der Waals surface area contributed by atoms with E-state index in [1.807, 2.05) is 17.0 Å². The lowest BCUT2D eigenvalue weighted by Crippen LogP contribution is -2.42. The summed E-state index contributed by atoms with van der Waals surface area (Å²) in [4.78, 5) is 26.9. The van der Waals surface area contributed by atoms with E-state index in [1.165, 1.54) is 21.9 Å². The second-order valence-electron chi connectivity index (χ2n) is 6.77. The van der Waals surface area contributed by atoms with E-state index in [1.54, 1.807) is 13.0 Å². The van der Waals surface area contributed by atoms with Crippen LogP contribution in [0.2, 0.25) is 0 Å². The third-order valence-electron chi connectivity index (χ3n) is 5.01. The first-order valence-electron chi connectivity index (χ1n) is 8.59. The molecule has 1 aliphatic heterocycles. The number of benzene rings is 1. The minimum Gasteiger partial charge on any atom is -0.336 e. The zero-order valence-corrected chi connectivity index (χ0v) is 13.8. The van der Waals surface area contributed by atoms with Crippen LogP contribution in [0.3, 0.4) is 0 Å². The van der Waals surface area contributed by atoms with Crippen molar-refractivity contribution in [3.05, 3.63) is 63.6 Å². The van der Waals surface area contributed by atoms with E-state index < -0.39 is 6.04 Å². The largest absolute Gasteiger partial charge is 0.336 e. The molecule has 0 bridgehead atoms. The molecule has 5 heteroatoms. The molecule has 1 atom stereocenters. The number of hydrogen-bond acceptors (Lipinski definition) is 3. The molecule has 24 heavy (non-hydrogen) atoms. The van der Waals surface area contributed by atoms with E-state index in [0.29, 0.717) is 19.0 Å². The second-order valence-corrected chi connectivity index (χ2v) is 6.77. The van der Waals surface area contributed by atoms with Crippen molar-refractivity contribution < 1.29 is 4.79 Å². The van der Waals surface area contributed by atoms with Crippen molar-refractivity contribution in [3.8, 4) is 0 Å². The first-order chi connectivity index (χ1) is 11.6. The zero-order chi connectivity index (χ0) is 16.7. The second kappa shape index (κ2) is 5.89. The number of carbonyl (C=O) groups is 1. The van der Waals surface area contributed by atoms with Crippen molar-refractivity contribution >= 4 is 5.91 Å². The van der Waals surface area contributed by atoms with Crippen LogP contribution in [0.4, 0.5) is 0 Å². The molecule has 1 amide bonds. The third kappa shape index (κ3) is 2.75. The number of nitrogens with zero attached hydrogens (tertiary/aromatic N) is 3. The van der Waals surface area contributed by atoms with E-state index in [-0.39, 0.29) is 11.5 Å². The first kappa shape index (κ1) is 15.1. The number of fused-ring (bicyclic) bond motifs is 1. The van der Waals surface area contributed by atoms with Gasteiger partial charge >= 0.3 is 0 Å². The molecule has 0 N–H and O–H groups in total. The van der Waals surface area contributed by atoms with Gasteiger partial charge in [-0.2, -0.15) is 5.10 Å². The molecule has 4 rings (SSSR count). The van der Waals surface area contributed by atoms with Gasteiger partial charge in [-0.1, -0.05) is 24.3 Å². The van der Waals surface area contributed by atoms with Gasteiger partial charge in [0.2, 0.25) is 5.91 Å². The normalized spacial score (nSPS) is 18.1. The van der Waals surface area contributed by atoms with Crippen LogP contribution in [-0.4, -0.2) is 27.1 Å². The Morgan fingerprint density at radius 3 is 2.67 bits per heavy atom. The standard InChI is InChI=1S/C19H21N3O2/c1-13(22-18(23)9-8-17(20-22)15-6-7-15)19(24)21-11-10-14-4-2-3-5-16(14)12-21/h2-5,8-9,13,15H,6-7,10-12H2,1H3. The molecule has 1 fully saturated rings. The van der Waals surface area contributed by atoms with Gasteiger partial charge in [0.15, 0.2) is 0 Å². The van der Waals surface area contributed by atoms with Crippen LogP contribution in [0.25, 0.3) is 0 Å². The van der Waals surface area contributed by atoms with Crippen LogP contribution < -0.4 is 5.56 Å². The molecule has 1 aromatic heterocycles. The predicted octanol–water partition coefficient (Wildman–Crippen LogP) is 2.27. The van der Waals surface area contributed by atoms with Crippen LogP contribution in [0.1, 0.15) is 48.5 Å². The van der Waals surface area contributed by atoms with Gasteiger partial charge in [-0.3, -0.25) is 9.59 Å². The molecule has 5 nitrogen and oxygen atoms in total. The van der Waals surface area contributed by atoms with Crippen molar-refractivity contribution in [3.63, 3.8) is 0 Å². The van der Waals surface area contributed by atoms with Crippen LogP contribution in [-0.2, 0) is 17.8 Å². The summed E-state index contributed by atoms with van der Waals surface area (Å²) in [5.41, 5.74) is 3.22. The number of aromatic nitrogens is 2. The molecule has 1 aliphatic carbocycles. The summed E-state index contributed by atoms with van der Waals surface area (Å²) in [6.07, 6.45) is 3.10. The summed E-state index contributed by atoms with van der Waals surface area (Å²) in [5, 5.41) is 4.45. The van der Waals surface area contributed by atoms with Crippen LogP contribution in [0, 0.1) is 0 Å².